The molecule has 0 aliphatic rings. The van der Waals surface area contributed by atoms with E-state index in [0.29, 0.717) is 41.7 Å². The van der Waals surface area contributed by atoms with Gasteiger partial charge in [-0.1, -0.05) is 54.4 Å². The fourth-order valence-electron chi connectivity index (χ4n) is 3.23. The molecule has 3 rings (SSSR count). The molecular formula is C26H20Br2Cl2N2O3. The molecule has 0 aromatic heterocycles. The SMILES string of the molecule is CCc1ccccc1NC(=O)/C(C#N)=C\c1cc(OC)c(OCc2ccc(Cl)c(Cl)c2)c(Br)c1Br. The molecular weight excluding hydrogens is 619 g/mol. The van der Waals surface area contributed by atoms with Crippen LogP contribution < -0.4 is 14.8 Å². The Balaban J connectivity index is 1.89. The van der Waals surface area contributed by atoms with Gasteiger partial charge in [0.25, 0.3) is 5.91 Å². The first-order valence-corrected chi connectivity index (χ1v) is 12.8. The number of nitriles is 1. The van der Waals surface area contributed by atoms with Crippen molar-refractivity contribution in [1.29, 1.82) is 5.26 Å². The van der Waals surface area contributed by atoms with E-state index in [2.05, 4.69) is 37.2 Å². The molecule has 3 aromatic carbocycles. The van der Waals surface area contributed by atoms with Crippen molar-refractivity contribution in [3.05, 3.63) is 89.8 Å². The summed E-state index contributed by atoms with van der Waals surface area (Å²) in [4.78, 5) is 12.8. The normalized spacial score (nSPS) is 11.1. The van der Waals surface area contributed by atoms with E-state index >= 15 is 0 Å². The van der Waals surface area contributed by atoms with E-state index in [4.69, 9.17) is 32.7 Å². The lowest BCUT2D eigenvalue weighted by Crippen LogP contribution is -2.14. The molecule has 3 aromatic rings. The number of carbonyl (C=O) groups is 1. The smallest absolute Gasteiger partial charge is 0.266 e. The average molecular weight is 639 g/mol. The highest BCUT2D eigenvalue weighted by molar-refractivity contribution is 9.13. The number of carbonyl (C=O) groups excluding carboxylic acids is 1. The maximum absolute atomic E-state index is 12.8. The standard InChI is InChI=1S/C26H20Br2Cl2N2O3/c1-3-16-6-4-5-7-21(16)32-26(33)18(13-31)11-17-12-22(34-2)25(24(28)23(17)27)35-14-15-8-9-19(29)20(30)10-15/h4-12H,3,14H2,1-2H3,(H,32,33)/b18-11-. The van der Waals surface area contributed by atoms with Crippen LogP contribution in [0.4, 0.5) is 5.69 Å². The zero-order valence-corrected chi connectivity index (χ0v) is 23.5. The van der Waals surface area contributed by atoms with Gasteiger partial charge in [0.1, 0.15) is 18.2 Å². The summed E-state index contributed by atoms with van der Waals surface area (Å²) in [5.74, 6) is 0.359. The van der Waals surface area contributed by atoms with Crippen LogP contribution in [-0.4, -0.2) is 13.0 Å². The van der Waals surface area contributed by atoms with Crippen LogP contribution in [0.1, 0.15) is 23.6 Å². The Morgan fingerprint density at radius 3 is 2.51 bits per heavy atom. The van der Waals surface area contributed by atoms with Crippen molar-refractivity contribution in [3.63, 3.8) is 0 Å². The van der Waals surface area contributed by atoms with Crippen LogP contribution in [0.2, 0.25) is 10.0 Å². The zero-order valence-electron chi connectivity index (χ0n) is 18.8. The molecule has 9 heteroatoms. The van der Waals surface area contributed by atoms with Gasteiger partial charge in [-0.3, -0.25) is 4.79 Å². The van der Waals surface area contributed by atoms with Crippen molar-refractivity contribution in [2.45, 2.75) is 20.0 Å². The monoisotopic (exact) mass is 636 g/mol. The van der Waals surface area contributed by atoms with Gasteiger partial charge in [-0.25, -0.2) is 0 Å². The van der Waals surface area contributed by atoms with Gasteiger partial charge in [0.15, 0.2) is 11.5 Å². The van der Waals surface area contributed by atoms with E-state index < -0.39 is 5.91 Å². The van der Waals surface area contributed by atoms with Crippen LogP contribution in [0, 0.1) is 11.3 Å². The molecule has 0 saturated heterocycles. The maximum atomic E-state index is 12.8. The number of para-hydroxylation sites is 1. The summed E-state index contributed by atoms with van der Waals surface area (Å²) in [5, 5.41) is 13.4. The van der Waals surface area contributed by atoms with E-state index in [9.17, 15) is 10.1 Å². The second kappa shape index (κ2) is 12.5. The number of hydrogen-bond acceptors (Lipinski definition) is 4. The number of methoxy groups -OCH3 is 1. The van der Waals surface area contributed by atoms with Crippen LogP contribution in [0.25, 0.3) is 6.08 Å². The first-order chi connectivity index (χ1) is 16.8. The molecule has 0 atom stereocenters. The Morgan fingerprint density at radius 1 is 1.11 bits per heavy atom. The highest BCUT2D eigenvalue weighted by Gasteiger charge is 2.19. The van der Waals surface area contributed by atoms with Crippen molar-refractivity contribution in [2.75, 3.05) is 12.4 Å². The Bertz CT molecular complexity index is 1340. The van der Waals surface area contributed by atoms with Crippen LogP contribution in [-0.2, 0) is 17.8 Å². The number of anilines is 1. The summed E-state index contributed by atoms with van der Waals surface area (Å²) in [6.45, 7) is 2.22. The molecule has 0 bridgehead atoms. The van der Waals surface area contributed by atoms with Crippen molar-refractivity contribution < 1.29 is 14.3 Å². The second-order valence-electron chi connectivity index (χ2n) is 7.30. The van der Waals surface area contributed by atoms with Crippen molar-refractivity contribution >= 4 is 72.7 Å². The topological polar surface area (TPSA) is 71.4 Å². The first kappa shape index (κ1) is 27.1. The number of amides is 1. The van der Waals surface area contributed by atoms with Crippen molar-refractivity contribution in [2.24, 2.45) is 0 Å². The minimum absolute atomic E-state index is 0.0602. The highest BCUT2D eigenvalue weighted by Crippen LogP contribution is 2.44. The number of benzene rings is 3. The van der Waals surface area contributed by atoms with Gasteiger partial charge >= 0.3 is 0 Å². The third-order valence-corrected chi connectivity index (χ3v) is 7.94. The third kappa shape index (κ3) is 6.59. The minimum Gasteiger partial charge on any atom is -0.493 e. The number of halogens is 4. The lowest BCUT2D eigenvalue weighted by molar-refractivity contribution is -0.112. The predicted octanol–water partition coefficient (Wildman–Crippen LogP) is 8.21. The van der Waals surface area contributed by atoms with Gasteiger partial charge < -0.3 is 14.8 Å². The Morgan fingerprint density at radius 2 is 1.86 bits per heavy atom. The largest absolute Gasteiger partial charge is 0.493 e. The molecule has 35 heavy (non-hydrogen) atoms. The predicted molar refractivity (Wildman–Crippen MR) is 147 cm³/mol. The molecule has 0 heterocycles. The van der Waals surface area contributed by atoms with Crippen molar-refractivity contribution in [1.82, 2.24) is 0 Å². The molecule has 180 valence electrons. The van der Waals surface area contributed by atoms with E-state index in [1.165, 1.54) is 13.2 Å². The Labute approximate surface area is 230 Å². The molecule has 0 saturated carbocycles. The van der Waals surface area contributed by atoms with Gasteiger partial charge in [0.2, 0.25) is 0 Å². The number of aryl methyl sites for hydroxylation is 1. The van der Waals surface area contributed by atoms with Gasteiger partial charge in [0.05, 0.1) is 21.6 Å². The summed E-state index contributed by atoms with van der Waals surface area (Å²) in [5.41, 5.74) is 2.97. The van der Waals surface area contributed by atoms with Gasteiger partial charge in [0, 0.05) is 10.2 Å². The summed E-state index contributed by atoms with van der Waals surface area (Å²) in [7, 11) is 1.51. The van der Waals surface area contributed by atoms with E-state index in [-0.39, 0.29) is 12.2 Å². The van der Waals surface area contributed by atoms with Crippen LogP contribution in [0.3, 0.4) is 0 Å². The quantitative estimate of drug-likeness (QED) is 0.199. The first-order valence-electron chi connectivity index (χ1n) is 10.4. The molecule has 0 radical (unpaired) electrons. The van der Waals surface area contributed by atoms with Gasteiger partial charge in [-0.15, -0.1) is 0 Å². The lowest BCUT2D eigenvalue weighted by Gasteiger charge is -2.16. The molecule has 1 amide bonds. The summed E-state index contributed by atoms with van der Waals surface area (Å²) in [6.07, 6.45) is 2.24. The van der Waals surface area contributed by atoms with Crippen molar-refractivity contribution in [3.8, 4) is 17.6 Å². The number of nitrogens with zero attached hydrogens (tertiary/aromatic N) is 1. The lowest BCUT2D eigenvalue weighted by atomic mass is 10.1. The molecule has 0 fully saturated rings. The molecule has 0 spiro atoms. The third-order valence-electron chi connectivity index (χ3n) is 5.05. The Hall–Kier alpha value is -2.50. The van der Waals surface area contributed by atoms with Gasteiger partial charge in [-0.2, -0.15) is 5.26 Å². The molecule has 5 nitrogen and oxygen atoms in total. The van der Waals surface area contributed by atoms with E-state index in [1.807, 2.05) is 37.3 Å². The minimum atomic E-state index is -0.504. The molecule has 0 aliphatic carbocycles. The fraction of sp³-hybridized carbons (Fsp3) is 0.154. The van der Waals surface area contributed by atoms with E-state index in [0.717, 1.165) is 17.5 Å². The molecule has 0 aliphatic heterocycles. The van der Waals surface area contributed by atoms with Gasteiger partial charge in [-0.05, 0) is 85.3 Å². The summed E-state index contributed by atoms with van der Waals surface area (Å²) in [6, 6.07) is 16.4. The maximum Gasteiger partial charge on any atom is 0.266 e. The number of ether oxygens (including phenoxy) is 2. The Kier molecular flexibility index (Phi) is 9.64. The molecule has 0 unspecified atom stereocenters. The highest BCUT2D eigenvalue weighted by atomic mass is 79.9. The zero-order chi connectivity index (χ0) is 25.5. The van der Waals surface area contributed by atoms with E-state index in [1.54, 1.807) is 24.3 Å². The number of nitrogens with one attached hydrogen (secondary N) is 1. The summed E-state index contributed by atoms with van der Waals surface area (Å²) < 4.78 is 12.7. The number of hydrogen-bond donors (Lipinski definition) is 1. The molecule has 1 N–H and O–H groups in total. The van der Waals surface area contributed by atoms with Crippen LogP contribution in [0.5, 0.6) is 11.5 Å². The van der Waals surface area contributed by atoms with Crippen LogP contribution >= 0.6 is 55.1 Å². The fourth-order valence-corrected chi connectivity index (χ4v) is 4.49. The average Bonchev–Trinajstić information content (AvgIpc) is 2.86. The second-order valence-corrected chi connectivity index (χ2v) is 9.70. The van der Waals surface area contributed by atoms with Crippen LogP contribution in [0.15, 0.2) is 63.0 Å². The number of rotatable bonds is 8. The summed E-state index contributed by atoms with van der Waals surface area (Å²) >= 11 is 19.1.